The largest absolute Gasteiger partial charge is 0.481 e. The zero-order chi connectivity index (χ0) is 80.9. The quantitative estimate of drug-likeness (QED) is 0.0495. The number of aliphatic carboxylic acids is 3. The van der Waals surface area contributed by atoms with E-state index in [1.165, 1.54) is 37.0 Å². The van der Waals surface area contributed by atoms with Gasteiger partial charge in [-0.3, -0.25) is 19.2 Å². The van der Waals surface area contributed by atoms with Gasteiger partial charge >= 0.3 is 17.9 Å². The van der Waals surface area contributed by atoms with Gasteiger partial charge in [0, 0.05) is 32.4 Å². The fourth-order valence-corrected chi connectivity index (χ4v) is 9.98. The SMILES string of the molecule is CCCCCCCCCCCN(C(=O)CCCCCCCCCC(=O)O)[C@@H](CCC(=O)NCCOCCOCCOCCOCCOCCOCCOCCOCCOCCOCCOCCOCCOCCOCCOCCOCCOCCOCCOCCOCCOCCOCCOCCOCCC(=O)O)C(=O)O. The van der Waals surface area contributed by atoms with E-state index in [0.717, 1.165) is 57.8 Å². The van der Waals surface area contributed by atoms with Crippen LogP contribution in [0.1, 0.15) is 142 Å². The average molecular weight is 1630 g/mol. The van der Waals surface area contributed by atoms with Crippen molar-refractivity contribution in [3.63, 3.8) is 0 Å². The maximum absolute atomic E-state index is 13.5. The Bertz CT molecular complexity index is 1950. The summed E-state index contributed by atoms with van der Waals surface area (Å²) >= 11 is 0. The normalized spacial score (nSPS) is 11.9. The highest BCUT2D eigenvalue weighted by molar-refractivity contribution is 5.84. The summed E-state index contributed by atoms with van der Waals surface area (Å²) in [5.74, 6) is -3.24. The number of carboxylic acid groups (broad SMARTS) is 3. The van der Waals surface area contributed by atoms with Crippen LogP contribution in [0.25, 0.3) is 0 Å². The Morgan fingerprint density at radius 2 is 0.446 bits per heavy atom. The molecule has 0 heterocycles. The third kappa shape index (κ3) is 90.3. The van der Waals surface area contributed by atoms with Gasteiger partial charge in [0.1, 0.15) is 6.04 Å². The monoisotopic (exact) mass is 1630 g/mol. The summed E-state index contributed by atoms with van der Waals surface area (Å²) in [6, 6.07) is -1.08. The van der Waals surface area contributed by atoms with Crippen molar-refractivity contribution in [3.05, 3.63) is 0 Å². The molecular formula is C78H150N2O32. The number of hydrogen-bond acceptors (Lipinski definition) is 29. The van der Waals surface area contributed by atoms with Crippen molar-refractivity contribution in [2.24, 2.45) is 0 Å². The van der Waals surface area contributed by atoms with Crippen LogP contribution >= 0.6 is 0 Å². The second kappa shape index (κ2) is 94.5. The van der Waals surface area contributed by atoms with Crippen molar-refractivity contribution in [2.75, 3.05) is 330 Å². The smallest absolute Gasteiger partial charge is 0.326 e. The highest BCUT2D eigenvalue weighted by Gasteiger charge is 2.29. The number of nitrogens with one attached hydrogen (secondary N) is 1. The zero-order valence-electron chi connectivity index (χ0n) is 68.4. The molecule has 0 radical (unpaired) electrons. The Labute approximate surface area is 668 Å². The first-order chi connectivity index (χ1) is 55.2. The van der Waals surface area contributed by atoms with E-state index in [-0.39, 0.29) is 63.7 Å². The molecule has 0 saturated heterocycles. The molecule has 4 N–H and O–H groups in total. The molecule has 0 aliphatic rings. The lowest BCUT2D eigenvalue weighted by atomic mass is 10.0. The van der Waals surface area contributed by atoms with Crippen molar-refractivity contribution in [2.45, 2.75) is 148 Å². The summed E-state index contributed by atoms with van der Waals surface area (Å²) in [5, 5.41) is 30.4. The first-order valence-corrected chi connectivity index (χ1v) is 41.3. The van der Waals surface area contributed by atoms with Crippen molar-refractivity contribution in [1.29, 1.82) is 0 Å². The van der Waals surface area contributed by atoms with Crippen LogP contribution in [0.5, 0.6) is 0 Å². The van der Waals surface area contributed by atoms with E-state index in [1.54, 1.807) is 0 Å². The van der Waals surface area contributed by atoms with E-state index in [2.05, 4.69) is 12.2 Å². The minimum Gasteiger partial charge on any atom is -0.481 e. The third-order valence-corrected chi connectivity index (χ3v) is 16.0. The molecule has 0 rings (SSSR count). The average Bonchev–Trinajstić information content (AvgIpc) is 0.866. The third-order valence-electron chi connectivity index (χ3n) is 16.0. The molecular weight excluding hydrogens is 1480 g/mol. The molecule has 34 heteroatoms. The number of hydrogen-bond donors (Lipinski definition) is 4. The maximum atomic E-state index is 13.5. The lowest BCUT2D eigenvalue weighted by molar-refractivity contribution is -0.151. The molecule has 34 nitrogen and oxygen atoms in total. The molecule has 0 saturated carbocycles. The van der Waals surface area contributed by atoms with Crippen LogP contribution < -0.4 is 5.32 Å². The summed E-state index contributed by atoms with van der Waals surface area (Å²) in [5.41, 5.74) is 0. The number of carbonyl (C=O) groups is 5. The Balaban J connectivity index is 3.43. The Hall–Kier alpha value is -3.61. The maximum Gasteiger partial charge on any atom is 0.326 e. The second-order valence-electron chi connectivity index (χ2n) is 25.4. The minimum atomic E-state index is -1.10. The molecule has 0 aliphatic heterocycles. The van der Waals surface area contributed by atoms with Gasteiger partial charge < -0.3 is 139 Å². The van der Waals surface area contributed by atoms with Crippen molar-refractivity contribution in [1.82, 2.24) is 10.2 Å². The molecule has 664 valence electrons. The van der Waals surface area contributed by atoms with Crippen LogP contribution in [-0.2, 0) is 138 Å². The van der Waals surface area contributed by atoms with Gasteiger partial charge in [-0.25, -0.2) is 4.79 Å². The molecule has 0 aromatic carbocycles. The predicted molar refractivity (Wildman–Crippen MR) is 414 cm³/mol. The number of ether oxygens (including phenoxy) is 24. The van der Waals surface area contributed by atoms with Gasteiger partial charge in [0.15, 0.2) is 0 Å². The van der Waals surface area contributed by atoms with Crippen molar-refractivity contribution < 1.29 is 153 Å². The topological polar surface area (TPSA) is 383 Å². The molecule has 0 aromatic rings. The summed E-state index contributed by atoms with van der Waals surface area (Å²) in [6.45, 7) is 23.9. The molecule has 2 amide bonds. The Kier molecular flexibility index (Phi) is 91.5. The predicted octanol–water partition coefficient (Wildman–Crippen LogP) is 6.16. The highest BCUT2D eigenvalue weighted by atomic mass is 16.6. The molecule has 0 aromatic heterocycles. The molecule has 0 bridgehead atoms. The molecule has 1 atom stereocenters. The first-order valence-electron chi connectivity index (χ1n) is 41.3. The number of unbranched alkanes of at least 4 members (excludes halogenated alkanes) is 14. The Morgan fingerprint density at radius 1 is 0.241 bits per heavy atom. The van der Waals surface area contributed by atoms with Gasteiger partial charge in [-0.05, 0) is 25.7 Å². The van der Waals surface area contributed by atoms with Crippen LogP contribution in [0.15, 0.2) is 0 Å². The number of carboxylic acids is 3. The number of rotatable bonds is 100. The second-order valence-corrected chi connectivity index (χ2v) is 25.4. The summed E-state index contributed by atoms with van der Waals surface area (Å²) in [7, 11) is 0. The van der Waals surface area contributed by atoms with E-state index < -0.39 is 23.9 Å². The molecule has 0 spiro atoms. The van der Waals surface area contributed by atoms with Gasteiger partial charge in [0.25, 0.3) is 0 Å². The van der Waals surface area contributed by atoms with Crippen LogP contribution in [0.3, 0.4) is 0 Å². The van der Waals surface area contributed by atoms with E-state index in [1.807, 2.05) is 0 Å². The van der Waals surface area contributed by atoms with Crippen LogP contribution in [0.4, 0.5) is 0 Å². The fraction of sp³-hybridized carbons (Fsp3) is 0.936. The minimum absolute atomic E-state index is 0.0141. The summed E-state index contributed by atoms with van der Waals surface area (Å²) < 4.78 is 132. The molecule has 0 unspecified atom stereocenters. The molecule has 112 heavy (non-hydrogen) atoms. The van der Waals surface area contributed by atoms with E-state index >= 15 is 0 Å². The first kappa shape index (κ1) is 108. The van der Waals surface area contributed by atoms with Crippen molar-refractivity contribution >= 4 is 29.7 Å². The lowest BCUT2D eigenvalue weighted by Crippen LogP contribution is -2.46. The van der Waals surface area contributed by atoms with Gasteiger partial charge in [-0.2, -0.15) is 0 Å². The highest BCUT2D eigenvalue weighted by Crippen LogP contribution is 2.17. The fourth-order valence-electron chi connectivity index (χ4n) is 9.98. The van der Waals surface area contributed by atoms with E-state index in [0.29, 0.717) is 323 Å². The molecule has 0 fully saturated rings. The number of amides is 2. The molecule has 0 aliphatic carbocycles. The van der Waals surface area contributed by atoms with Crippen LogP contribution in [0, 0.1) is 0 Å². The summed E-state index contributed by atoms with van der Waals surface area (Å²) in [4.78, 5) is 61.3. The van der Waals surface area contributed by atoms with Gasteiger partial charge in [0.05, 0.1) is 324 Å². The van der Waals surface area contributed by atoms with Crippen LogP contribution in [0.2, 0.25) is 0 Å². The van der Waals surface area contributed by atoms with E-state index in [4.69, 9.17) is 124 Å². The number of carbonyl (C=O) groups excluding carboxylic acids is 2. The van der Waals surface area contributed by atoms with Gasteiger partial charge in [0.2, 0.25) is 11.8 Å². The standard InChI is InChI=1S/C78H150N2O32/c1-2-3-4-5-6-7-11-14-17-24-80(75(82)18-15-12-9-8-10-13-16-19-76(83)84)73(78(87)88)20-21-74(81)79-23-26-90-28-30-92-32-34-94-36-38-96-40-42-98-44-46-100-48-50-102-52-54-104-56-58-106-60-62-108-64-66-110-68-70-112-72-71-111-69-67-109-65-63-107-61-59-105-57-55-103-53-51-101-49-47-99-45-43-97-41-39-95-37-35-93-33-31-91-29-27-89-25-22-77(85)86/h73H,2-72H2,1H3,(H,79,81)(H,83,84)(H,85,86)(H,87,88)/t73-/m0/s1. The van der Waals surface area contributed by atoms with Gasteiger partial charge in [-0.15, -0.1) is 0 Å². The summed E-state index contributed by atoms with van der Waals surface area (Å²) in [6.07, 6.45) is 16.3. The zero-order valence-corrected chi connectivity index (χ0v) is 68.4. The lowest BCUT2D eigenvalue weighted by Gasteiger charge is -2.29. The van der Waals surface area contributed by atoms with E-state index in [9.17, 15) is 29.1 Å². The van der Waals surface area contributed by atoms with Crippen molar-refractivity contribution in [3.8, 4) is 0 Å². The Morgan fingerprint density at radius 3 is 0.679 bits per heavy atom. The number of nitrogens with zero attached hydrogens (tertiary/aromatic N) is 1. The van der Waals surface area contributed by atoms with Gasteiger partial charge in [-0.1, -0.05) is 90.4 Å². The van der Waals surface area contributed by atoms with Crippen LogP contribution in [-0.4, -0.2) is 386 Å².